The molecule has 102 valence electrons. The van der Waals surface area contributed by atoms with E-state index in [1.165, 1.54) is 6.07 Å². The first kappa shape index (κ1) is 14.1. The van der Waals surface area contributed by atoms with Gasteiger partial charge in [0.1, 0.15) is 10.8 Å². The highest BCUT2D eigenvalue weighted by Crippen LogP contribution is 2.12. The molecule has 0 saturated heterocycles. The van der Waals surface area contributed by atoms with E-state index in [9.17, 15) is 4.79 Å². The molecule has 5 nitrogen and oxygen atoms in total. The molecule has 0 N–H and O–H groups in total. The predicted octanol–water partition coefficient (Wildman–Crippen LogP) is 2.38. The van der Waals surface area contributed by atoms with Gasteiger partial charge in [-0.1, -0.05) is 11.6 Å². The molecule has 0 aromatic carbocycles. The van der Waals surface area contributed by atoms with Crippen molar-refractivity contribution in [3.8, 4) is 5.69 Å². The molecule has 0 radical (unpaired) electrons. The van der Waals surface area contributed by atoms with Crippen LogP contribution in [0.5, 0.6) is 0 Å². The van der Waals surface area contributed by atoms with E-state index in [1.807, 2.05) is 6.92 Å². The van der Waals surface area contributed by atoms with Crippen LogP contribution in [0.25, 0.3) is 11.3 Å². The molecule has 0 atom stereocenters. The fourth-order valence-corrected chi connectivity index (χ4v) is 1.79. The van der Waals surface area contributed by atoms with Crippen molar-refractivity contribution >= 4 is 23.4 Å². The Morgan fingerprint density at radius 2 is 2.25 bits per heavy atom. The van der Waals surface area contributed by atoms with Crippen LogP contribution >= 0.6 is 11.6 Å². The fourth-order valence-electron chi connectivity index (χ4n) is 1.62. The Morgan fingerprint density at radius 3 is 2.95 bits per heavy atom. The summed E-state index contributed by atoms with van der Waals surface area (Å²) in [6.07, 6.45) is 6.55. The van der Waals surface area contributed by atoms with Crippen molar-refractivity contribution in [3.63, 3.8) is 0 Å². The van der Waals surface area contributed by atoms with E-state index in [2.05, 4.69) is 15.1 Å². The highest BCUT2D eigenvalue weighted by molar-refractivity contribution is 6.29. The van der Waals surface area contributed by atoms with E-state index in [0.717, 1.165) is 11.3 Å². The summed E-state index contributed by atoms with van der Waals surface area (Å²) in [4.78, 5) is 19.6. The first-order valence-corrected chi connectivity index (χ1v) is 6.31. The Labute approximate surface area is 121 Å². The molecule has 20 heavy (non-hydrogen) atoms. The lowest BCUT2D eigenvalue weighted by Crippen LogP contribution is -2.14. The minimum absolute atomic E-state index is 0.139. The second-order valence-corrected chi connectivity index (χ2v) is 4.45. The second kappa shape index (κ2) is 6.25. The van der Waals surface area contributed by atoms with Crippen molar-refractivity contribution in [2.45, 2.75) is 6.92 Å². The molecule has 2 heterocycles. The van der Waals surface area contributed by atoms with Crippen LogP contribution in [0.2, 0.25) is 5.15 Å². The standard InChI is InChI=1S/C14H13ClN4O/c1-10(3-6-16-2)14-12(20)5-8-19(18-14)11-4-7-17-13(15)9-11/h3-9H,1-2H3/b10-3+,16-6?. The Bertz CT molecular complexity index is 734. The Balaban J connectivity index is 2.51. The summed E-state index contributed by atoms with van der Waals surface area (Å²) in [6.45, 7) is 1.81. The SMILES string of the molecule is CN=C/C=C(\C)c1nn(-c2ccnc(Cl)c2)ccc1=O. The fraction of sp³-hybridized carbons (Fsp3) is 0.143. The number of nitrogens with zero attached hydrogens (tertiary/aromatic N) is 4. The number of hydrogen-bond donors (Lipinski definition) is 0. The monoisotopic (exact) mass is 288 g/mol. The molecule has 0 aliphatic carbocycles. The number of rotatable bonds is 3. The van der Waals surface area contributed by atoms with Gasteiger partial charge >= 0.3 is 0 Å². The first-order chi connectivity index (χ1) is 9.61. The average Bonchev–Trinajstić information content (AvgIpc) is 2.45. The molecule has 0 aliphatic rings. The summed E-state index contributed by atoms with van der Waals surface area (Å²) in [7, 11) is 1.67. The zero-order chi connectivity index (χ0) is 14.5. The number of aromatic nitrogens is 3. The third-order valence-corrected chi connectivity index (χ3v) is 2.84. The summed E-state index contributed by atoms with van der Waals surface area (Å²) in [6, 6.07) is 4.91. The van der Waals surface area contributed by atoms with Crippen LogP contribution in [-0.4, -0.2) is 28.0 Å². The van der Waals surface area contributed by atoms with E-state index >= 15 is 0 Å². The zero-order valence-electron chi connectivity index (χ0n) is 11.1. The Morgan fingerprint density at radius 1 is 1.45 bits per heavy atom. The van der Waals surface area contributed by atoms with Gasteiger partial charge in [-0.15, -0.1) is 0 Å². The van der Waals surface area contributed by atoms with Gasteiger partial charge in [-0.25, -0.2) is 9.67 Å². The van der Waals surface area contributed by atoms with Gasteiger partial charge in [-0.2, -0.15) is 5.10 Å². The van der Waals surface area contributed by atoms with Crippen LogP contribution < -0.4 is 5.43 Å². The molecule has 0 bridgehead atoms. The van der Waals surface area contributed by atoms with Crippen LogP contribution in [0.15, 0.2) is 46.5 Å². The number of allylic oxidation sites excluding steroid dienone is 2. The molecule has 2 aromatic rings. The molecular weight excluding hydrogens is 276 g/mol. The van der Waals surface area contributed by atoms with Gasteiger partial charge in [-0.3, -0.25) is 9.79 Å². The normalized spacial score (nSPS) is 12.1. The number of aliphatic imine (C=N–C) groups is 1. The molecule has 0 aliphatic heterocycles. The van der Waals surface area contributed by atoms with Crippen molar-refractivity contribution in [2.24, 2.45) is 4.99 Å². The quantitative estimate of drug-likeness (QED) is 0.643. The van der Waals surface area contributed by atoms with Crippen LogP contribution in [0.3, 0.4) is 0 Å². The van der Waals surface area contributed by atoms with E-state index in [1.54, 1.807) is 48.5 Å². The summed E-state index contributed by atoms with van der Waals surface area (Å²) >= 11 is 5.85. The molecule has 0 fully saturated rings. The van der Waals surface area contributed by atoms with Crippen LogP contribution in [0.4, 0.5) is 0 Å². The Hall–Kier alpha value is -2.27. The maximum Gasteiger partial charge on any atom is 0.207 e. The largest absolute Gasteiger partial charge is 0.297 e. The molecule has 0 spiro atoms. The average molecular weight is 289 g/mol. The molecular formula is C14H13ClN4O. The van der Waals surface area contributed by atoms with Gasteiger partial charge in [-0.05, 0) is 24.6 Å². The minimum Gasteiger partial charge on any atom is -0.297 e. The van der Waals surface area contributed by atoms with Crippen molar-refractivity contribution in [2.75, 3.05) is 7.05 Å². The molecule has 0 saturated carbocycles. The molecule has 2 aromatic heterocycles. The molecule has 0 unspecified atom stereocenters. The van der Waals surface area contributed by atoms with Crippen molar-refractivity contribution in [1.82, 2.24) is 14.8 Å². The first-order valence-electron chi connectivity index (χ1n) is 5.93. The third-order valence-electron chi connectivity index (χ3n) is 2.63. The number of pyridine rings is 1. The van der Waals surface area contributed by atoms with Gasteiger partial charge in [0.25, 0.3) is 0 Å². The lowest BCUT2D eigenvalue weighted by molar-refractivity contribution is 0.823. The van der Waals surface area contributed by atoms with Crippen LogP contribution in [-0.2, 0) is 0 Å². The second-order valence-electron chi connectivity index (χ2n) is 4.07. The maximum absolute atomic E-state index is 11.9. The molecule has 6 heteroatoms. The van der Waals surface area contributed by atoms with Gasteiger partial charge < -0.3 is 0 Å². The van der Waals surface area contributed by atoms with E-state index < -0.39 is 0 Å². The summed E-state index contributed by atoms with van der Waals surface area (Å²) in [5.74, 6) is 0. The summed E-state index contributed by atoms with van der Waals surface area (Å²) in [5, 5.41) is 4.69. The van der Waals surface area contributed by atoms with Gasteiger partial charge in [0, 0.05) is 37.8 Å². The highest BCUT2D eigenvalue weighted by Gasteiger charge is 2.06. The van der Waals surface area contributed by atoms with E-state index in [0.29, 0.717) is 10.8 Å². The smallest absolute Gasteiger partial charge is 0.207 e. The Kier molecular flexibility index (Phi) is 4.42. The third kappa shape index (κ3) is 3.19. The zero-order valence-corrected chi connectivity index (χ0v) is 11.9. The van der Waals surface area contributed by atoms with Crippen molar-refractivity contribution in [3.05, 3.63) is 57.7 Å². The highest BCUT2D eigenvalue weighted by atomic mass is 35.5. The van der Waals surface area contributed by atoms with Crippen LogP contribution in [0, 0.1) is 0 Å². The van der Waals surface area contributed by atoms with Gasteiger partial charge in [0.15, 0.2) is 0 Å². The summed E-state index contributed by atoms with van der Waals surface area (Å²) < 4.78 is 1.59. The van der Waals surface area contributed by atoms with E-state index in [-0.39, 0.29) is 5.43 Å². The molecule has 0 amide bonds. The summed E-state index contributed by atoms with van der Waals surface area (Å²) in [5.41, 5.74) is 1.72. The number of hydrogen-bond acceptors (Lipinski definition) is 4. The van der Waals surface area contributed by atoms with Crippen molar-refractivity contribution < 1.29 is 0 Å². The predicted molar refractivity (Wildman–Crippen MR) is 80.7 cm³/mol. The lowest BCUT2D eigenvalue weighted by atomic mass is 10.2. The topological polar surface area (TPSA) is 60.1 Å². The van der Waals surface area contributed by atoms with Crippen LogP contribution in [0.1, 0.15) is 12.6 Å². The van der Waals surface area contributed by atoms with Crippen molar-refractivity contribution in [1.29, 1.82) is 0 Å². The maximum atomic E-state index is 11.9. The number of halogens is 1. The lowest BCUT2D eigenvalue weighted by Gasteiger charge is -2.07. The minimum atomic E-state index is -0.139. The molecule has 2 rings (SSSR count). The van der Waals surface area contributed by atoms with E-state index in [4.69, 9.17) is 11.6 Å². The van der Waals surface area contributed by atoms with Gasteiger partial charge in [0.05, 0.1) is 5.69 Å². The van der Waals surface area contributed by atoms with Gasteiger partial charge in [0.2, 0.25) is 5.43 Å².